The second kappa shape index (κ2) is 13.5. The van der Waals surface area contributed by atoms with Crippen LogP contribution in [0.4, 0.5) is 0 Å². The van der Waals surface area contributed by atoms with E-state index in [1.165, 1.54) is 0 Å². The van der Waals surface area contributed by atoms with Gasteiger partial charge in [-0.1, -0.05) is 41.3 Å². The molecule has 1 radical (unpaired) electrons. The van der Waals surface area contributed by atoms with Crippen LogP contribution in [0.5, 0.6) is 11.5 Å². The number of aliphatic imine (C=N–C) groups is 1. The van der Waals surface area contributed by atoms with Crippen molar-refractivity contribution < 1.29 is 24.1 Å². The predicted molar refractivity (Wildman–Crippen MR) is 163 cm³/mol. The van der Waals surface area contributed by atoms with Crippen LogP contribution in [0.1, 0.15) is 35.2 Å². The van der Waals surface area contributed by atoms with Gasteiger partial charge in [0.15, 0.2) is 5.82 Å². The van der Waals surface area contributed by atoms with Crippen molar-refractivity contribution in [2.45, 2.75) is 19.4 Å². The summed E-state index contributed by atoms with van der Waals surface area (Å²) >= 11 is 6.16. The van der Waals surface area contributed by atoms with E-state index < -0.39 is 6.04 Å². The molecule has 3 N–H and O–H groups in total. The molecule has 13 heteroatoms. The summed E-state index contributed by atoms with van der Waals surface area (Å²) in [5, 5.41) is 23.6. The third-order valence-corrected chi connectivity index (χ3v) is 7.05. The van der Waals surface area contributed by atoms with Gasteiger partial charge in [-0.25, -0.2) is 0 Å². The van der Waals surface area contributed by atoms with E-state index in [1.54, 1.807) is 43.5 Å². The van der Waals surface area contributed by atoms with Crippen LogP contribution in [-0.2, 0) is 9.59 Å². The lowest BCUT2D eigenvalue weighted by molar-refractivity contribution is -0.126. The van der Waals surface area contributed by atoms with Crippen LogP contribution in [-0.4, -0.2) is 71.6 Å². The Labute approximate surface area is 254 Å². The molecule has 43 heavy (non-hydrogen) atoms. The van der Waals surface area contributed by atoms with Crippen LogP contribution in [0.3, 0.4) is 0 Å². The smallest absolute Gasteiger partial charge is 0.326 e. The topological polar surface area (TPSA) is 140 Å². The monoisotopic (exact) mass is 599 g/mol. The van der Waals surface area contributed by atoms with Crippen molar-refractivity contribution >= 4 is 42.1 Å². The number of aromatic nitrogens is 3. The fourth-order valence-corrected chi connectivity index (χ4v) is 4.80. The Balaban J connectivity index is 1.27. The third kappa shape index (κ3) is 7.04. The number of nitrogens with zero attached hydrogens (tertiary/aromatic N) is 4. The molecule has 1 unspecified atom stereocenters. The maximum atomic E-state index is 13.1. The van der Waals surface area contributed by atoms with Gasteiger partial charge in [0.25, 0.3) is 0 Å². The van der Waals surface area contributed by atoms with Gasteiger partial charge < -0.3 is 25.1 Å². The number of carbonyl (C=O) groups excluding carboxylic acids is 2. The molecule has 5 rings (SSSR count). The molecule has 1 aliphatic rings. The van der Waals surface area contributed by atoms with Crippen LogP contribution in [0.2, 0.25) is 5.02 Å². The number of hydrogen-bond donors (Lipinski definition) is 3. The Kier molecular flexibility index (Phi) is 9.38. The molecule has 219 valence electrons. The molecule has 2 heterocycles. The van der Waals surface area contributed by atoms with Crippen LogP contribution >= 0.6 is 11.6 Å². The average molecular weight is 600 g/mol. The number of benzene rings is 3. The maximum Gasteiger partial charge on any atom is 0.326 e. The molecule has 4 aromatic rings. The largest absolute Gasteiger partial charge is 0.497 e. The minimum atomic E-state index is -0.684. The molecule has 1 atom stereocenters. The first-order valence-electron chi connectivity index (χ1n) is 13.5. The molecule has 0 spiro atoms. The van der Waals surface area contributed by atoms with Gasteiger partial charge in [0.05, 0.1) is 38.0 Å². The highest BCUT2D eigenvalue weighted by atomic mass is 35.5. The average Bonchev–Trinajstić information content (AvgIpc) is 3.35. The molecule has 1 aromatic heterocycles. The zero-order valence-corrected chi connectivity index (χ0v) is 24.3. The number of ether oxygens (including phenoxy) is 2. The lowest BCUT2D eigenvalue weighted by Gasteiger charge is -2.14. The number of halogens is 1. The number of amides is 2. The molecule has 0 bridgehead atoms. The zero-order chi connectivity index (χ0) is 30.3. The maximum absolute atomic E-state index is 13.1. The van der Waals surface area contributed by atoms with Gasteiger partial charge in [0.2, 0.25) is 11.8 Å². The molecule has 0 saturated carbocycles. The van der Waals surface area contributed by atoms with Gasteiger partial charge >= 0.3 is 7.48 Å². The SMILES string of the molecule is COc1ccc2c(c1)C(c1ccc(Cl)cc1)=NC(CC(=O)NCC(=O)NCCOc1ccc([B]O)cc1)c1nnc(C)n1-2. The fourth-order valence-electron chi connectivity index (χ4n) is 4.68. The van der Waals surface area contributed by atoms with E-state index >= 15 is 0 Å². The summed E-state index contributed by atoms with van der Waals surface area (Å²) in [6.07, 6.45) is -0.0575. The molecule has 2 amide bonds. The Bertz CT molecular complexity index is 1640. The molecule has 0 aliphatic carbocycles. The summed E-state index contributed by atoms with van der Waals surface area (Å²) in [6, 6.07) is 19.1. The molecule has 0 fully saturated rings. The first-order chi connectivity index (χ1) is 20.9. The van der Waals surface area contributed by atoms with Crippen molar-refractivity contribution in [3.63, 3.8) is 0 Å². The number of hydrogen-bond acceptors (Lipinski definition) is 8. The highest BCUT2D eigenvalue weighted by Crippen LogP contribution is 2.34. The van der Waals surface area contributed by atoms with Gasteiger partial charge in [-0.2, -0.15) is 0 Å². The number of carbonyl (C=O) groups is 2. The highest BCUT2D eigenvalue weighted by molar-refractivity contribution is 6.45. The number of nitrogens with one attached hydrogen (secondary N) is 2. The van der Waals surface area contributed by atoms with Crippen LogP contribution in [0.25, 0.3) is 5.69 Å². The van der Waals surface area contributed by atoms with Crippen LogP contribution in [0, 0.1) is 6.92 Å². The standard InChI is InChI=1S/C30H29BClN6O5/c1-18-36-37-30-25(16-27(39)34-17-28(40)33-13-14-43-22-9-5-20(31-41)6-10-22)35-29(19-3-7-21(32)8-4-19)24-15-23(42-2)11-12-26(24)38(18)30/h3-12,15,25,41H,13-14,16-17H2,1-2H3,(H,33,40)(H,34,39). The number of methoxy groups -OCH3 is 1. The summed E-state index contributed by atoms with van der Waals surface area (Å²) in [7, 11) is 2.60. The first-order valence-corrected chi connectivity index (χ1v) is 13.9. The van der Waals surface area contributed by atoms with Crippen molar-refractivity contribution in [2.75, 3.05) is 26.8 Å². The zero-order valence-electron chi connectivity index (χ0n) is 23.6. The van der Waals surface area contributed by atoms with Gasteiger partial charge in [0.1, 0.15) is 30.0 Å². The molecule has 11 nitrogen and oxygen atoms in total. The van der Waals surface area contributed by atoms with E-state index in [4.69, 9.17) is 31.1 Å². The Hall–Kier alpha value is -4.68. The second-order valence-electron chi connectivity index (χ2n) is 9.70. The summed E-state index contributed by atoms with van der Waals surface area (Å²) < 4.78 is 13.0. The summed E-state index contributed by atoms with van der Waals surface area (Å²) in [6.45, 7) is 2.13. The second-order valence-corrected chi connectivity index (χ2v) is 10.1. The number of aryl methyl sites for hydroxylation is 1. The van der Waals surface area contributed by atoms with Gasteiger partial charge in [-0.05, 0) is 49.4 Å². The third-order valence-electron chi connectivity index (χ3n) is 6.80. The predicted octanol–water partition coefficient (Wildman–Crippen LogP) is 2.07. The van der Waals surface area contributed by atoms with Crippen LogP contribution < -0.4 is 25.6 Å². The minimum absolute atomic E-state index is 0.0575. The summed E-state index contributed by atoms with van der Waals surface area (Å²) in [5.74, 6) is 1.69. The Morgan fingerprint density at radius 3 is 2.47 bits per heavy atom. The lowest BCUT2D eigenvalue weighted by Crippen LogP contribution is -2.38. The Morgan fingerprint density at radius 1 is 1.00 bits per heavy atom. The molecule has 1 aliphatic heterocycles. The Morgan fingerprint density at radius 2 is 1.74 bits per heavy atom. The van der Waals surface area contributed by atoms with Gasteiger partial charge in [-0.15, -0.1) is 10.2 Å². The van der Waals surface area contributed by atoms with E-state index in [1.807, 2.05) is 41.8 Å². The molecular weight excluding hydrogens is 571 g/mol. The van der Waals surface area contributed by atoms with Crippen molar-refractivity contribution in [2.24, 2.45) is 4.99 Å². The van der Waals surface area contributed by atoms with Crippen molar-refractivity contribution in [3.8, 4) is 17.2 Å². The van der Waals surface area contributed by atoms with Crippen LogP contribution in [0.15, 0.2) is 71.7 Å². The van der Waals surface area contributed by atoms with E-state index in [-0.39, 0.29) is 37.9 Å². The van der Waals surface area contributed by atoms with E-state index in [0.717, 1.165) is 24.3 Å². The van der Waals surface area contributed by atoms with E-state index in [2.05, 4.69) is 20.8 Å². The van der Waals surface area contributed by atoms with Crippen molar-refractivity contribution in [3.05, 3.63) is 94.5 Å². The van der Waals surface area contributed by atoms with Crippen molar-refractivity contribution in [1.29, 1.82) is 0 Å². The van der Waals surface area contributed by atoms with Crippen molar-refractivity contribution in [1.82, 2.24) is 25.4 Å². The highest BCUT2D eigenvalue weighted by Gasteiger charge is 2.30. The van der Waals surface area contributed by atoms with Gasteiger partial charge in [-0.3, -0.25) is 19.1 Å². The normalized spacial score (nSPS) is 13.6. The van der Waals surface area contributed by atoms with Gasteiger partial charge in [0, 0.05) is 16.1 Å². The number of rotatable bonds is 11. The lowest BCUT2D eigenvalue weighted by atomic mass is 9.89. The minimum Gasteiger partial charge on any atom is -0.497 e. The summed E-state index contributed by atoms with van der Waals surface area (Å²) in [5.41, 5.74) is 3.71. The fraction of sp³-hybridized carbons (Fsp3) is 0.233. The molecular formula is C30H29BClN6O5. The van der Waals surface area contributed by atoms with E-state index in [9.17, 15) is 9.59 Å². The van der Waals surface area contributed by atoms with E-state index in [0.29, 0.717) is 39.3 Å². The molecule has 3 aromatic carbocycles. The quantitative estimate of drug-likeness (QED) is 0.177. The summed E-state index contributed by atoms with van der Waals surface area (Å²) in [4.78, 5) is 30.5. The molecule has 0 saturated heterocycles. The first kappa shape index (κ1) is 29.8. The number of fused-ring (bicyclic) bond motifs is 3.